The summed E-state index contributed by atoms with van der Waals surface area (Å²) < 4.78 is 1.61. The number of anilines is 1. The summed E-state index contributed by atoms with van der Waals surface area (Å²) in [5.41, 5.74) is 2.97. The van der Waals surface area contributed by atoms with Gasteiger partial charge in [0.1, 0.15) is 5.69 Å². The fourth-order valence-corrected chi connectivity index (χ4v) is 3.14. The summed E-state index contributed by atoms with van der Waals surface area (Å²) in [6.45, 7) is 1.91. The van der Waals surface area contributed by atoms with Crippen molar-refractivity contribution < 1.29 is 4.79 Å². The molecule has 0 N–H and O–H groups in total. The number of aromatic nitrogens is 3. The highest BCUT2D eigenvalue weighted by Gasteiger charge is 2.21. The molecule has 0 spiro atoms. The monoisotopic (exact) mass is 332 g/mol. The van der Waals surface area contributed by atoms with E-state index in [1.807, 2.05) is 29.8 Å². The van der Waals surface area contributed by atoms with E-state index < -0.39 is 0 Å². The standard InChI is InChI=1S/C15H13ClN4OS/c1-10-8-22-9-12(10)15(21)19(2)13-7-20(18-14(13)16)11-4-3-5-17-6-11/h3-9H,1-2H3. The van der Waals surface area contributed by atoms with Gasteiger partial charge in [0.2, 0.25) is 0 Å². The Balaban J connectivity index is 1.94. The average molecular weight is 333 g/mol. The van der Waals surface area contributed by atoms with E-state index in [1.54, 1.807) is 30.3 Å². The van der Waals surface area contributed by atoms with Crippen LogP contribution < -0.4 is 4.90 Å². The van der Waals surface area contributed by atoms with Gasteiger partial charge in [0.05, 0.1) is 23.6 Å². The SMILES string of the molecule is Cc1cscc1C(=O)N(C)c1cn(-c2cccnc2)nc1Cl. The summed E-state index contributed by atoms with van der Waals surface area (Å²) in [4.78, 5) is 18.1. The summed E-state index contributed by atoms with van der Waals surface area (Å²) in [7, 11) is 1.69. The predicted molar refractivity (Wildman–Crippen MR) is 88.2 cm³/mol. The Hall–Kier alpha value is -2.18. The van der Waals surface area contributed by atoms with Crippen molar-refractivity contribution >= 4 is 34.5 Å². The Bertz CT molecular complexity index is 812. The van der Waals surface area contributed by atoms with Crippen LogP contribution in [-0.2, 0) is 0 Å². The van der Waals surface area contributed by atoms with E-state index in [4.69, 9.17) is 11.6 Å². The zero-order chi connectivity index (χ0) is 15.7. The van der Waals surface area contributed by atoms with Crippen molar-refractivity contribution in [1.29, 1.82) is 0 Å². The molecule has 3 aromatic rings. The largest absolute Gasteiger partial charge is 0.307 e. The zero-order valence-corrected chi connectivity index (χ0v) is 13.6. The summed E-state index contributed by atoms with van der Waals surface area (Å²) >= 11 is 7.70. The number of hydrogen-bond donors (Lipinski definition) is 0. The molecule has 0 aromatic carbocycles. The third-order valence-corrected chi connectivity index (χ3v) is 4.44. The van der Waals surface area contributed by atoms with E-state index in [2.05, 4.69) is 10.1 Å². The Morgan fingerprint density at radius 3 is 2.86 bits per heavy atom. The van der Waals surface area contributed by atoms with Crippen LogP contribution in [0, 0.1) is 6.92 Å². The first-order valence-electron chi connectivity index (χ1n) is 6.54. The number of amides is 1. The Kier molecular flexibility index (Phi) is 3.96. The molecule has 3 heterocycles. The van der Waals surface area contributed by atoms with Crippen molar-refractivity contribution in [3.8, 4) is 5.69 Å². The lowest BCUT2D eigenvalue weighted by Gasteiger charge is -2.15. The molecule has 0 fully saturated rings. The normalized spacial score (nSPS) is 10.7. The van der Waals surface area contributed by atoms with E-state index >= 15 is 0 Å². The van der Waals surface area contributed by atoms with Crippen molar-refractivity contribution in [3.05, 3.63) is 57.8 Å². The third-order valence-electron chi connectivity index (χ3n) is 3.31. The second-order valence-electron chi connectivity index (χ2n) is 4.79. The molecule has 0 aliphatic rings. The van der Waals surface area contributed by atoms with E-state index in [0.29, 0.717) is 11.3 Å². The number of carbonyl (C=O) groups is 1. The van der Waals surface area contributed by atoms with Gasteiger partial charge < -0.3 is 4.90 Å². The minimum atomic E-state index is -0.105. The molecule has 3 rings (SSSR count). The third kappa shape index (κ3) is 2.63. The topological polar surface area (TPSA) is 51.0 Å². The highest BCUT2D eigenvalue weighted by molar-refractivity contribution is 7.08. The van der Waals surface area contributed by atoms with E-state index in [0.717, 1.165) is 11.3 Å². The summed E-state index contributed by atoms with van der Waals surface area (Å²) in [5.74, 6) is -0.105. The summed E-state index contributed by atoms with van der Waals surface area (Å²) in [5, 5.41) is 8.30. The molecule has 7 heteroatoms. The fourth-order valence-electron chi connectivity index (χ4n) is 2.06. The number of thiophene rings is 1. The maximum absolute atomic E-state index is 12.5. The lowest BCUT2D eigenvalue weighted by Crippen LogP contribution is -2.26. The van der Waals surface area contributed by atoms with Crippen molar-refractivity contribution in [3.63, 3.8) is 0 Å². The molecule has 0 saturated heterocycles. The molecule has 0 unspecified atom stereocenters. The smallest absolute Gasteiger partial charge is 0.259 e. The van der Waals surface area contributed by atoms with Crippen molar-refractivity contribution in [2.75, 3.05) is 11.9 Å². The van der Waals surface area contributed by atoms with Gasteiger partial charge in [-0.25, -0.2) is 4.68 Å². The Morgan fingerprint density at radius 1 is 1.41 bits per heavy atom. The summed E-state index contributed by atoms with van der Waals surface area (Å²) in [6, 6.07) is 3.68. The number of nitrogens with zero attached hydrogens (tertiary/aromatic N) is 4. The van der Waals surface area contributed by atoms with Gasteiger partial charge in [-0.3, -0.25) is 9.78 Å². The molecule has 112 valence electrons. The fraction of sp³-hybridized carbons (Fsp3) is 0.133. The number of hydrogen-bond acceptors (Lipinski definition) is 4. The van der Waals surface area contributed by atoms with Crippen LogP contribution in [0.4, 0.5) is 5.69 Å². The second-order valence-corrected chi connectivity index (χ2v) is 5.90. The van der Waals surface area contributed by atoms with Gasteiger partial charge in [-0.05, 0) is 30.0 Å². The molecule has 0 saturated carbocycles. The first-order chi connectivity index (χ1) is 10.6. The molecule has 1 amide bonds. The lowest BCUT2D eigenvalue weighted by atomic mass is 10.2. The first-order valence-corrected chi connectivity index (χ1v) is 7.86. The van der Waals surface area contributed by atoms with E-state index in [-0.39, 0.29) is 11.1 Å². The summed E-state index contributed by atoms with van der Waals surface area (Å²) in [6.07, 6.45) is 5.08. The predicted octanol–water partition coefficient (Wildman–Crippen LogP) is 3.57. The van der Waals surface area contributed by atoms with Gasteiger partial charge in [0.25, 0.3) is 5.91 Å². The van der Waals surface area contributed by atoms with Gasteiger partial charge >= 0.3 is 0 Å². The highest BCUT2D eigenvalue weighted by Crippen LogP contribution is 2.27. The number of pyridine rings is 1. The molecule has 22 heavy (non-hydrogen) atoms. The number of rotatable bonds is 3. The van der Waals surface area contributed by atoms with Gasteiger partial charge in [0.15, 0.2) is 5.15 Å². The van der Waals surface area contributed by atoms with Gasteiger partial charge in [-0.1, -0.05) is 11.6 Å². The van der Waals surface area contributed by atoms with Crippen molar-refractivity contribution in [1.82, 2.24) is 14.8 Å². The molecule has 5 nitrogen and oxygen atoms in total. The zero-order valence-electron chi connectivity index (χ0n) is 12.0. The van der Waals surface area contributed by atoms with Gasteiger partial charge in [-0.2, -0.15) is 16.4 Å². The Morgan fingerprint density at radius 2 is 2.23 bits per heavy atom. The average Bonchev–Trinajstić information content (AvgIpc) is 3.13. The number of carbonyl (C=O) groups excluding carboxylic acids is 1. The molecular formula is C15H13ClN4OS. The van der Waals surface area contributed by atoms with Crippen LogP contribution in [0.3, 0.4) is 0 Å². The maximum atomic E-state index is 12.5. The van der Waals surface area contributed by atoms with Crippen molar-refractivity contribution in [2.45, 2.75) is 6.92 Å². The van der Waals surface area contributed by atoms with E-state index in [9.17, 15) is 4.79 Å². The molecule has 0 atom stereocenters. The van der Waals surface area contributed by atoms with Crippen LogP contribution in [0.25, 0.3) is 5.69 Å². The molecule has 3 aromatic heterocycles. The molecule has 0 aliphatic heterocycles. The molecule has 0 bridgehead atoms. The Labute approximate surface area is 136 Å². The minimum Gasteiger partial charge on any atom is -0.307 e. The van der Waals surface area contributed by atoms with Gasteiger partial charge in [0, 0.05) is 18.6 Å². The van der Waals surface area contributed by atoms with Crippen LogP contribution in [-0.4, -0.2) is 27.7 Å². The maximum Gasteiger partial charge on any atom is 0.259 e. The minimum absolute atomic E-state index is 0.105. The molecule has 0 aliphatic carbocycles. The number of aryl methyl sites for hydroxylation is 1. The first kappa shape index (κ1) is 14.7. The van der Waals surface area contributed by atoms with Crippen LogP contribution in [0.1, 0.15) is 15.9 Å². The van der Waals surface area contributed by atoms with Crippen LogP contribution in [0.15, 0.2) is 41.5 Å². The van der Waals surface area contributed by atoms with Crippen LogP contribution in [0.2, 0.25) is 5.15 Å². The molecular weight excluding hydrogens is 320 g/mol. The van der Waals surface area contributed by atoms with Crippen LogP contribution >= 0.6 is 22.9 Å². The number of halogens is 1. The second kappa shape index (κ2) is 5.90. The lowest BCUT2D eigenvalue weighted by molar-refractivity contribution is 0.0993. The van der Waals surface area contributed by atoms with Gasteiger partial charge in [-0.15, -0.1) is 0 Å². The highest BCUT2D eigenvalue weighted by atomic mass is 35.5. The van der Waals surface area contributed by atoms with Crippen LogP contribution in [0.5, 0.6) is 0 Å². The molecule has 0 radical (unpaired) electrons. The van der Waals surface area contributed by atoms with E-state index in [1.165, 1.54) is 16.2 Å². The quantitative estimate of drug-likeness (QED) is 0.736. The van der Waals surface area contributed by atoms with Crippen molar-refractivity contribution in [2.24, 2.45) is 0 Å².